The van der Waals surface area contributed by atoms with Gasteiger partial charge in [0.2, 0.25) is 0 Å². The van der Waals surface area contributed by atoms with Gasteiger partial charge in [0, 0.05) is 21.9 Å². The van der Waals surface area contributed by atoms with Crippen LogP contribution in [0.15, 0.2) is 166 Å². The number of nitrogens with two attached hydrogens (primary N) is 1. The van der Waals surface area contributed by atoms with Crippen molar-refractivity contribution in [1.29, 1.82) is 0 Å². The SMILES string of the molecule is NC(=NC(=NCc1ccccc1)c1ccc2ccccc2c1)c1ccc2cc(-c3cccc4oc5ccccc5c34)ccc2c1. The van der Waals surface area contributed by atoms with Crippen LogP contribution in [-0.2, 0) is 6.54 Å². The van der Waals surface area contributed by atoms with Crippen LogP contribution in [0.2, 0.25) is 0 Å². The molecule has 0 amide bonds. The molecule has 2 N–H and O–H groups in total. The third-order valence-electron chi connectivity index (χ3n) is 8.34. The zero-order valence-corrected chi connectivity index (χ0v) is 24.5. The van der Waals surface area contributed by atoms with Crippen molar-refractivity contribution in [2.45, 2.75) is 6.54 Å². The van der Waals surface area contributed by atoms with Crippen LogP contribution in [0.1, 0.15) is 16.7 Å². The largest absolute Gasteiger partial charge is 0.456 e. The van der Waals surface area contributed by atoms with Gasteiger partial charge >= 0.3 is 0 Å². The molecule has 0 radical (unpaired) electrons. The van der Waals surface area contributed by atoms with Gasteiger partial charge in [-0.2, -0.15) is 0 Å². The highest BCUT2D eigenvalue weighted by Gasteiger charge is 2.13. The summed E-state index contributed by atoms with van der Waals surface area (Å²) in [4.78, 5) is 9.83. The van der Waals surface area contributed by atoms with Gasteiger partial charge in [-0.05, 0) is 68.6 Å². The van der Waals surface area contributed by atoms with Gasteiger partial charge in [0.25, 0.3) is 0 Å². The van der Waals surface area contributed by atoms with E-state index in [0.717, 1.165) is 65.9 Å². The summed E-state index contributed by atoms with van der Waals surface area (Å²) in [5.74, 6) is 1.04. The monoisotopic (exact) mass is 579 g/mol. The molecular formula is C41H29N3O. The molecule has 0 spiro atoms. The second-order valence-corrected chi connectivity index (χ2v) is 11.2. The predicted octanol–water partition coefficient (Wildman–Crippen LogP) is 9.91. The van der Waals surface area contributed by atoms with Crippen molar-refractivity contribution in [2.24, 2.45) is 15.7 Å². The van der Waals surface area contributed by atoms with E-state index >= 15 is 0 Å². The van der Waals surface area contributed by atoms with Crippen LogP contribution in [0.25, 0.3) is 54.6 Å². The van der Waals surface area contributed by atoms with Crippen molar-refractivity contribution < 1.29 is 4.42 Å². The number of fused-ring (bicyclic) bond motifs is 5. The van der Waals surface area contributed by atoms with E-state index in [1.807, 2.05) is 54.6 Å². The number of amidine groups is 2. The Balaban J connectivity index is 1.17. The number of aliphatic imine (C=N–C) groups is 2. The van der Waals surface area contributed by atoms with E-state index in [9.17, 15) is 0 Å². The molecular weight excluding hydrogens is 550 g/mol. The number of hydrogen-bond acceptors (Lipinski definition) is 2. The molecule has 0 aliphatic heterocycles. The zero-order valence-electron chi connectivity index (χ0n) is 24.5. The number of nitrogens with zero attached hydrogens (tertiary/aromatic N) is 2. The first-order chi connectivity index (χ1) is 22.2. The van der Waals surface area contributed by atoms with E-state index in [0.29, 0.717) is 18.2 Å². The average molecular weight is 580 g/mol. The number of furan rings is 1. The van der Waals surface area contributed by atoms with E-state index in [4.69, 9.17) is 20.1 Å². The van der Waals surface area contributed by atoms with Crippen LogP contribution < -0.4 is 5.73 Å². The average Bonchev–Trinajstić information content (AvgIpc) is 3.49. The van der Waals surface area contributed by atoms with E-state index in [2.05, 4.69) is 97.1 Å². The van der Waals surface area contributed by atoms with Gasteiger partial charge in [-0.1, -0.05) is 121 Å². The predicted molar refractivity (Wildman–Crippen MR) is 188 cm³/mol. The van der Waals surface area contributed by atoms with Gasteiger partial charge in [0.1, 0.15) is 17.0 Å². The molecule has 0 bridgehead atoms. The van der Waals surface area contributed by atoms with Gasteiger partial charge in [-0.15, -0.1) is 0 Å². The highest BCUT2D eigenvalue weighted by Crippen LogP contribution is 2.37. The van der Waals surface area contributed by atoms with Crippen molar-refractivity contribution in [3.8, 4) is 11.1 Å². The quantitative estimate of drug-likeness (QED) is 0.163. The van der Waals surface area contributed by atoms with Crippen LogP contribution in [0.5, 0.6) is 0 Å². The van der Waals surface area contributed by atoms with Crippen LogP contribution in [-0.4, -0.2) is 11.7 Å². The third kappa shape index (κ3) is 5.13. The summed E-state index contributed by atoms with van der Waals surface area (Å²) >= 11 is 0. The molecule has 0 unspecified atom stereocenters. The van der Waals surface area contributed by atoms with Crippen molar-refractivity contribution >= 4 is 55.2 Å². The maximum atomic E-state index is 6.69. The smallest absolute Gasteiger partial charge is 0.157 e. The molecule has 8 aromatic rings. The Morgan fingerprint density at radius 3 is 2.13 bits per heavy atom. The molecule has 1 heterocycles. The zero-order chi connectivity index (χ0) is 30.2. The molecule has 8 rings (SSSR count). The Kier molecular flexibility index (Phi) is 6.65. The van der Waals surface area contributed by atoms with Crippen LogP contribution in [0, 0.1) is 0 Å². The molecule has 0 saturated carbocycles. The Morgan fingerprint density at radius 2 is 1.22 bits per heavy atom. The Labute approximate surface area is 260 Å². The van der Waals surface area contributed by atoms with E-state index < -0.39 is 0 Å². The fourth-order valence-corrected chi connectivity index (χ4v) is 6.04. The van der Waals surface area contributed by atoms with Gasteiger partial charge in [0.15, 0.2) is 5.84 Å². The molecule has 4 heteroatoms. The molecule has 45 heavy (non-hydrogen) atoms. The normalized spacial score (nSPS) is 12.4. The Morgan fingerprint density at radius 1 is 0.556 bits per heavy atom. The van der Waals surface area contributed by atoms with Crippen molar-refractivity contribution in [3.63, 3.8) is 0 Å². The lowest BCUT2D eigenvalue weighted by Crippen LogP contribution is -2.16. The van der Waals surface area contributed by atoms with E-state index in [-0.39, 0.29) is 0 Å². The maximum absolute atomic E-state index is 6.69. The van der Waals surface area contributed by atoms with E-state index in [1.54, 1.807) is 0 Å². The molecule has 0 atom stereocenters. The van der Waals surface area contributed by atoms with Gasteiger partial charge in [-0.3, -0.25) is 4.99 Å². The summed E-state index contributed by atoms with van der Waals surface area (Å²) in [5, 5.41) is 6.78. The molecule has 0 fully saturated rings. The molecule has 0 aliphatic rings. The minimum atomic E-state index is 0.426. The first kappa shape index (κ1) is 26.6. The number of para-hydroxylation sites is 1. The van der Waals surface area contributed by atoms with Crippen LogP contribution in [0.3, 0.4) is 0 Å². The second-order valence-electron chi connectivity index (χ2n) is 11.2. The summed E-state index contributed by atoms with van der Waals surface area (Å²) in [7, 11) is 0. The van der Waals surface area contributed by atoms with Gasteiger partial charge in [0.05, 0.1) is 6.54 Å². The summed E-state index contributed by atoms with van der Waals surface area (Å²) in [6, 6.07) is 52.0. The maximum Gasteiger partial charge on any atom is 0.157 e. The standard InChI is InChI=1S/C41H29N3O/c42-40(44-41(43-26-27-9-2-1-3-10-27)34-22-17-28-11-4-5-12-29(28)25-34)33-21-19-30-23-32(20-18-31(30)24-33)35-14-8-16-38-39(35)36-13-6-7-15-37(36)45-38/h1-25H,26H2,(H2,42,43,44). The molecule has 7 aromatic carbocycles. The molecule has 0 saturated heterocycles. The fraction of sp³-hybridized carbons (Fsp3) is 0.0244. The Hall–Kier alpha value is -6.00. The number of benzene rings is 7. The minimum Gasteiger partial charge on any atom is -0.456 e. The van der Waals surface area contributed by atoms with Crippen molar-refractivity contribution in [1.82, 2.24) is 0 Å². The van der Waals surface area contributed by atoms with Gasteiger partial charge < -0.3 is 10.2 Å². The second kappa shape index (κ2) is 11.3. The summed E-state index contributed by atoms with van der Waals surface area (Å²) in [6.45, 7) is 0.513. The summed E-state index contributed by atoms with van der Waals surface area (Å²) < 4.78 is 6.13. The fourth-order valence-electron chi connectivity index (χ4n) is 6.04. The number of rotatable bonds is 5. The lowest BCUT2D eigenvalue weighted by molar-refractivity contribution is 0.669. The van der Waals surface area contributed by atoms with E-state index in [1.165, 1.54) is 5.39 Å². The third-order valence-corrected chi connectivity index (χ3v) is 8.34. The summed E-state index contributed by atoms with van der Waals surface area (Å²) in [6.07, 6.45) is 0. The Bertz CT molecular complexity index is 2420. The highest BCUT2D eigenvalue weighted by molar-refractivity contribution is 6.14. The molecule has 214 valence electrons. The first-order valence-corrected chi connectivity index (χ1v) is 15.1. The minimum absolute atomic E-state index is 0.426. The molecule has 1 aromatic heterocycles. The highest BCUT2D eigenvalue weighted by atomic mass is 16.3. The van der Waals surface area contributed by atoms with Crippen molar-refractivity contribution in [3.05, 3.63) is 168 Å². The lowest BCUT2D eigenvalue weighted by Gasteiger charge is -2.09. The molecule has 4 nitrogen and oxygen atoms in total. The van der Waals surface area contributed by atoms with Crippen molar-refractivity contribution in [2.75, 3.05) is 0 Å². The lowest BCUT2D eigenvalue weighted by atomic mass is 9.96. The topological polar surface area (TPSA) is 63.9 Å². The number of hydrogen-bond donors (Lipinski definition) is 1. The molecule has 0 aliphatic carbocycles. The van der Waals surface area contributed by atoms with Gasteiger partial charge in [-0.25, -0.2) is 4.99 Å². The summed E-state index contributed by atoms with van der Waals surface area (Å²) in [5.41, 5.74) is 13.7. The van der Waals surface area contributed by atoms with Crippen LogP contribution >= 0.6 is 0 Å². The first-order valence-electron chi connectivity index (χ1n) is 15.1. The van der Waals surface area contributed by atoms with Crippen LogP contribution in [0.4, 0.5) is 0 Å².